The van der Waals surface area contributed by atoms with Crippen molar-refractivity contribution in [1.29, 1.82) is 0 Å². The van der Waals surface area contributed by atoms with Crippen LogP contribution in [0.4, 0.5) is 0 Å². The van der Waals surface area contributed by atoms with Gasteiger partial charge in [0.25, 0.3) is 0 Å². The highest BCUT2D eigenvalue weighted by Crippen LogP contribution is 2.05. The van der Waals surface area contributed by atoms with Crippen molar-refractivity contribution in [2.45, 2.75) is 64.2 Å². The first-order valence-corrected chi connectivity index (χ1v) is 6.61. The zero-order valence-electron chi connectivity index (χ0n) is 11.8. The first-order chi connectivity index (χ1) is 9.33. The summed E-state index contributed by atoms with van der Waals surface area (Å²) < 4.78 is 9.33. The van der Waals surface area contributed by atoms with E-state index in [1.165, 1.54) is 0 Å². The predicted molar refractivity (Wildman–Crippen MR) is 70.0 cm³/mol. The second-order valence-electron chi connectivity index (χ2n) is 4.42. The lowest BCUT2D eigenvalue weighted by molar-refractivity contribution is -0.179. The van der Waals surface area contributed by atoms with E-state index in [9.17, 15) is 19.8 Å². The van der Waals surface area contributed by atoms with Crippen molar-refractivity contribution in [2.24, 2.45) is 11.5 Å². The van der Waals surface area contributed by atoms with Gasteiger partial charge in [-0.25, -0.2) is 9.59 Å². The third kappa shape index (κ3) is 6.80. The number of aliphatic hydroxyl groups is 2. The first kappa shape index (κ1) is 18.8. The highest BCUT2D eigenvalue weighted by atomic mass is 16.6. The summed E-state index contributed by atoms with van der Waals surface area (Å²) in [4.78, 5) is 22.9. The minimum absolute atomic E-state index is 0.403. The minimum Gasteiger partial charge on any atom is -0.445 e. The molecule has 4 unspecified atom stereocenters. The van der Waals surface area contributed by atoms with Crippen molar-refractivity contribution >= 4 is 11.9 Å². The van der Waals surface area contributed by atoms with Crippen LogP contribution in [0, 0.1) is 0 Å². The standard InChI is InChI=1S/C12H24N2O6/c1-3-5-7(13)19-11(17)9(15)10(16)12(18)20-8(14)6-4-2/h7-10,15-16H,3-6,13-14H2,1-2H3. The Kier molecular flexibility index (Phi) is 9.06. The average Bonchev–Trinajstić information content (AvgIpc) is 2.37. The molecular formula is C12H24N2O6. The third-order valence-electron chi connectivity index (χ3n) is 2.46. The molecular weight excluding hydrogens is 268 g/mol. The van der Waals surface area contributed by atoms with E-state index >= 15 is 0 Å². The van der Waals surface area contributed by atoms with Crippen LogP contribution in [-0.2, 0) is 19.1 Å². The summed E-state index contributed by atoms with van der Waals surface area (Å²) in [5, 5.41) is 19.0. The molecule has 0 aliphatic heterocycles. The number of aliphatic hydroxyl groups excluding tert-OH is 2. The largest absolute Gasteiger partial charge is 0.445 e. The Labute approximate surface area is 118 Å². The van der Waals surface area contributed by atoms with Crippen LogP contribution in [0.25, 0.3) is 0 Å². The topological polar surface area (TPSA) is 145 Å². The number of carbonyl (C=O) groups excluding carboxylic acids is 2. The maximum atomic E-state index is 11.4. The van der Waals surface area contributed by atoms with Gasteiger partial charge in [-0.05, 0) is 12.8 Å². The summed E-state index contributed by atoms with van der Waals surface area (Å²) >= 11 is 0. The van der Waals surface area contributed by atoms with Gasteiger partial charge in [0.15, 0.2) is 24.7 Å². The highest BCUT2D eigenvalue weighted by Gasteiger charge is 2.34. The van der Waals surface area contributed by atoms with E-state index in [0.717, 1.165) is 0 Å². The van der Waals surface area contributed by atoms with E-state index < -0.39 is 36.6 Å². The van der Waals surface area contributed by atoms with Crippen LogP contribution >= 0.6 is 0 Å². The second kappa shape index (κ2) is 9.65. The Morgan fingerprint density at radius 2 is 1.20 bits per heavy atom. The zero-order chi connectivity index (χ0) is 15.7. The van der Waals surface area contributed by atoms with Gasteiger partial charge < -0.3 is 19.7 Å². The fraction of sp³-hybridized carbons (Fsp3) is 0.833. The monoisotopic (exact) mass is 292 g/mol. The lowest BCUT2D eigenvalue weighted by Gasteiger charge is -2.20. The molecule has 0 saturated heterocycles. The third-order valence-corrected chi connectivity index (χ3v) is 2.46. The van der Waals surface area contributed by atoms with Crippen LogP contribution in [0.2, 0.25) is 0 Å². The van der Waals surface area contributed by atoms with Crippen molar-refractivity contribution in [3.63, 3.8) is 0 Å². The summed E-state index contributed by atoms with van der Waals surface area (Å²) in [5.41, 5.74) is 10.9. The molecule has 0 radical (unpaired) electrons. The molecule has 0 aliphatic rings. The van der Waals surface area contributed by atoms with Crippen molar-refractivity contribution in [3.8, 4) is 0 Å². The van der Waals surface area contributed by atoms with Gasteiger partial charge in [0, 0.05) is 0 Å². The minimum atomic E-state index is -2.06. The molecule has 0 saturated carbocycles. The van der Waals surface area contributed by atoms with Crippen molar-refractivity contribution < 1.29 is 29.3 Å². The number of esters is 2. The Hall–Kier alpha value is -1.22. The molecule has 0 aliphatic carbocycles. The van der Waals surface area contributed by atoms with Gasteiger partial charge in [-0.2, -0.15) is 0 Å². The molecule has 4 atom stereocenters. The summed E-state index contributed by atoms with van der Waals surface area (Å²) in [7, 11) is 0. The molecule has 118 valence electrons. The number of hydrogen-bond acceptors (Lipinski definition) is 8. The summed E-state index contributed by atoms with van der Waals surface area (Å²) in [5.74, 6) is -2.36. The van der Waals surface area contributed by atoms with Gasteiger partial charge in [0.2, 0.25) is 0 Å². The molecule has 0 bridgehead atoms. The first-order valence-electron chi connectivity index (χ1n) is 6.61. The molecule has 0 spiro atoms. The predicted octanol–water partition coefficient (Wildman–Crippen LogP) is -1.04. The van der Waals surface area contributed by atoms with Crippen molar-refractivity contribution in [1.82, 2.24) is 0 Å². The highest BCUT2D eigenvalue weighted by molar-refractivity contribution is 5.85. The van der Waals surface area contributed by atoms with Gasteiger partial charge >= 0.3 is 11.9 Å². The van der Waals surface area contributed by atoms with E-state index in [4.69, 9.17) is 11.5 Å². The summed E-state index contributed by atoms with van der Waals surface area (Å²) in [6, 6.07) is 0. The smallest absolute Gasteiger partial charge is 0.339 e. The van der Waals surface area contributed by atoms with E-state index in [-0.39, 0.29) is 0 Å². The van der Waals surface area contributed by atoms with Crippen molar-refractivity contribution in [3.05, 3.63) is 0 Å². The molecule has 6 N–H and O–H groups in total. The fourth-order valence-corrected chi connectivity index (χ4v) is 1.38. The van der Waals surface area contributed by atoms with Gasteiger partial charge in [-0.1, -0.05) is 26.7 Å². The number of hydrogen-bond donors (Lipinski definition) is 4. The van der Waals surface area contributed by atoms with E-state index in [1.54, 1.807) is 0 Å². The quantitative estimate of drug-likeness (QED) is 0.311. The number of rotatable bonds is 9. The normalized spacial score (nSPS) is 16.9. The van der Waals surface area contributed by atoms with Crippen LogP contribution < -0.4 is 11.5 Å². The van der Waals surface area contributed by atoms with E-state index in [0.29, 0.717) is 25.7 Å². The molecule has 0 heterocycles. The molecule has 0 rings (SSSR count). The van der Waals surface area contributed by atoms with Crippen LogP contribution in [0.15, 0.2) is 0 Å². The molecule has 0 aromatic rings. The van der Waals surface area contributed by atoms with E-state index in [2.05, 4.69) is 9.47 Å². The molecule has 8 nitrogen and oxygen atoms in total. The fourth-order valence-electron chi connectivity index (χ4n) is 1.38. The van der Waals surface area contributed by atoms with Gasteiger partial charge in [-0.15, -0.1) is 0 Å². The lowest BCUT2D eigenvalue weighted by Crippen LogP contribution is -2.45. The molecule has 0 amide bonds. The summed E-state index contributed by atoms with van der Waals surface area (Å²) in [6.45, 7) is 3.68. The Bertz CT molecular complexity index is 282. The number of ether oxygens (including phenoxy) is 2. The Morgan fingerprint density at radius 1 is 0.900 bits per heavy atom. The molecule has 0 aromatic carbocycles. The average molecular weight is 292 g/mol. The maximum Gasteiger partial charge on any atom is 0.339 e. The van der Waals surface area contributed by atoms with Gasteiger partial charge in [-0.3, -0.25) is 11.5 Å². The molecule has 8 heteroatoms. The van der Waals surface area contributed by atoms with Crippen LogP contribution in [-0.4, -0.2) is 46.8 Å². The molecule has 0 aromatic heterocycles. The summed E-state index contributed by atoms with van der Waals surface area (Å²) in [6.07, 6.45) is -3.73. The second-order valence-corrected chi connectivity index (χ2v) is 4.42. The van der Waals surface area contributed by atoms with E-state index in [1.807, 2.05) is 13.8 Å². The van der Waals surface area contributed by atoms with Crippen LogP contribution in [0.3, 0.4) is 0 Å². The van der Waals surface area contributed by atoms with Crippen LogP contribution in [0.1, 0.15) is 39.5 Å². The Balaban J connectivity index is 4.34. The SMILES string of the molecule is CCCC(N)OC(=O)C(O)C(O)C(=O)OC(N)CCC. The Morgan fingerprint density at radius 3 is 1.45 bits per heavy atom. The molecule has 20 heavy (non-hydrogen) atoms. The number of nitrogens with two attached hydrogens (primary N) is 2. The van der Waals surface area contributed by atoms with Crippen molar-refractivity contribution in [2.75, 3.05) is 0 Å². The lowest BCUT2D eigenvalue weighted by atomic mass is 10.2. The molecule has 0 fully saturated rings. The van der Waals surface area contributed by atoms with Gasteiger partial charge in [0.1, 0.15) is 0 Å². The van der Waals surface area contributed by atoms with Gasteiger partial charge in [0.05, 0.1) is 0 Å². The van der Waals surface area contributed by atoms with Crippen LogP contribution in [0.5, 0.6) is 0 Å². The maximum absolute atomic E-state index is 11.4. The number of carbonyl (C=O) groups is 2. The zero-order valence-corrected chi connectivity index (χ0v) is 11.8.